The Balaban J connectivity index is 1.50. The second-order valence-corrected chi connectivity index (χ2v) is 12.3. The number of aryl methyl sites for hydroxylation is 1. The second kappa shape index (κ2) is 12.5. The standard InChI is InChI=1S/C31H35ClF3N5O5/c1-29(25-13-20(32)9-10-30(25,2)44-18-31(33,34)35)15-27(41)40(17-26(29)43-4)24(14-22-6-5-11-45-38-22)28(42)36-21-7-8-23-19(12-21)16-39(3)37-23/h7-9,12-13,16-17,24H,5-6,10-11,14-15,18H2,1-4H3,(H,36,42). The van der Waals surface area contributed by atoms with Crippen molar-refractivity contribution in [2.24, 2.45) is 17.6 Å². The zero-order valence-electron chi connectivity index (χ0n) is 25.4. The number of ether oxygens (including phenoxy) is 2. The smallest absolute Gasteiger partial charge is 0.411 e. The molecular formula is C31H35ClF3N5O5. The monoisotopic (exact) mass is 649 g/mol. The number of hydrogen-bond donors (Lipinski definition) is 1. The summed E-state index contributed by atoms with van der Waals surface area (Å²) in [5.74, 6) is -0.641. The minimum atomic E-state index is -4.56. The van der Waals surface area contributed by atoms with Crippen LogP contribution in [0.5, 0.6) is 0 Å². The normalized spacial score (nSPS) is 24.7. The molecule has 0 saturated carbocycles. The topological polar surface area (TPSA) is 107 Å². The average molecular weight is 650 g/mol. The van der Waals surface area contributed by atoms with E-state index in [9.17, 15) is 22.8 Å². The van der Waals surface area contributed by atoms with Gasteiger partial charge in [0, 0.05) is 48.4 Å². The maximum atomic E-state index is 14.0. The third-order valence-electron chi connectivity index (χ3n) is 8.35. The lowest BCUT2D eigenvalue weighted by molar-refractivity contribution is -0.198. The van der Waals surface area contributed by atoms with Crippen LogP contribution in [-0.2, 0) is 30.9 Å². The molecule has 0 fully saturated rings. The quantitative estimate of drug-likeness (QED) is 0.360. The van der Waals surface area contributed by atoms with Crippen LogP contribution in [0, 0.1) is 5.41 Å². The molecular weight excluding hydrogens is 615 g/mol. The number of methoxy groups -OCH3 is 1. The van der Waals surface area contributed by atoms with E-state index in [0.29, 0.717) is 35.0 Å². The minimum Gasteiger partial charge on any atom is -0.499 e. The molecule has 3 unspecified atom stereocenters. The summed E-state index contributed by atoms with van der Waals surface area (Å²) >= 11 is 6.35. The molecule has 10 nitrogen and oxygen atoms in total. The summed E-state index contributed by atoms with van der Waals surface area (Å²) < 4.78 is 52.6. The molecule has 14 heteroatoms. The van der Waals surface area contributed by atoms with Crippen molar-refractivity contribution >= 4 is 45.7 Å². The third kappa shape index (κ3) is 7.04. The average Bonchev–Trinajstić information content (AvgIpc) is 3.36. The first-order valence-electron chi connectivity index (χ1n) is 14.5. The summed E-state index contributed by atoms with van der Waals surface area (Å²) in [7, 11) is 3.21. The molecule has 1 aromatic carbocycles. The van der Waals surface area contributed by atoms with Crippen LogP contribution in [0.25, 0.3) is 10.9 Å². The maximum Gasteiger partial charge on any atom is 0.411 e. The Hall–Kier alpha value is -3.84. The highest BCUT2D eigenvalue weighted by Gasteiger charge is 2.51. The summed E-state index contributed by atoms with van der Waals surface area (Å²) in [6, 6.07) is 4.27. The molecule has 242 valence electrons. The molecule has 1 aromatic heterocycles. The lowest BCUT2D eigenvalue weighted by Gasteiger charge is -2.47. The fourth-order valence-electron chi connectivity index (χ4n) is 6.12. The number of alkyl halides is 3. The molecule has 1 N–H and O–H groups in total. The molecule has 1 aliphatic carbocycles. The molecule has 2 aliphatic heterocycles. The largest absolute Gasteiger partial charge is 0.499 e. The molecule has 5 rings (SSSR count). The second-order valence-electron chi connectivity index (χ2n) is 11.9. The predicted octanol–water partition coefficient (Wildman–Crippen LogP) is 5.95. The molecule has 2 aromatic rings. The first kappa shape index (κ1) is 32.6. The van der Waals surface area contributed by atoms with Gasteiger partial charge in [-0.3, -0.25) is 14.3 Å². The van der Waals surface area contributed by atoms with Crippen molar-refractivity contribution in [3.05, 3.63) is 59.1 Å². The van der Waals surface area contributed by atoms with Crippen molar-refractivity contribution in [2.75, 3.05) is 25.6 Å². The Labute approximate surface area is 263 Å². The third-order valence-corrected chi connectivity index (χ3v) is 8.61. The number of carbonyl (C=O) groups is 2. The van der Waals surface area contributed by atoms with Crippen LogP contribution >= 0.6 is 11.6 Å². The number of amides is 2. The van der Waals surface area contributed by atoms with E-state index in [2.05, 4.69) is 15.6 Å². The van der Waals surface area contributed by atoms with Crippen molar-refractivity contribution < 1.29 is 37.1 Å². The molecule has 0 saturated heterocycles. The summed E-state index contributed by atoms with van der Waals surface area (Å²) in [6.07, 6.45) is 3.07. The molecule has 3 atom stereocenters. The Kier molecular flexibility index (Phi) is 9.05. The van der Waals surface area contributed by atoms with Gasteiger partial charge >= 0.3 is 6.18 Å². The van der Waals surface area contributed by atoms with Gasteiger partial charge in [-0.15, -0.1) is 0 Å². The zero-order chi connectivity index (χ0) is 32.6. The van der Waals surface area contributed by atoms with Crippen molar-refractivity contribution in [1.29, 1.82) is 0 Å². The van der Waals surface area contributed by atoms with Crippen molar-refractivity contribution in [2.45, 2.75) is 63.8 Å². The number of nitrogens with one attached hydrogen (secondary N) is 1. The minimum absolute atomic E-state index is 0.0599. The van der Waals surface area contributed by atoms with Gasteiger partial charge < -0.3 is 24.5 Å². The number of carbonyl (C=O) groups excluding carboxylic acids is 2. The van der Waals surface area contributed by atoms with Gasteiger partial charge in [0.15, 0.2) is 0 Å². The number of anilines is 1. The van der Waals surface area contributed by atoms with Crippen molar-refractivity contribution in [3.63, 3.8) is 0 Å². The molecule has 0 radical (unpaired) electrons. The highest BCUT2D eigenvalue weighted by atomic mass is 35.5. The van der Waals surface area contributed by atoms with Crippen LogP contribution in [0.3, 0.4) is 0 Å². The lowest BCUT2D eigenvalue weighted by atomic mass is 9.67. The van der Waals surface area contributed by atoms with E-state index in [4.69, 9.17) is 25.9 Å². The Bertz CT molecular complexity index is 1620. The molecule has 2 amide bonds. The van der Waals surface area contributed by atoms with Gasteiger partial charge in [0.05, 0.1) is 29.4 Å². The fourth-order valence-corrected chi connectivity index (χ4v) is 6.31. The van der Waals surface area contributed by atoms with E-state index >= 15 is 0 Å². The van der Waals surface area contributed by atoms with Crippen LogP contribution < -0.4 is 5.32 Å². The molecule has 0 spiro atoms. The molecule has 3 aliphatic rings. The lowest BCUT2D eigenvalue weighted by Crippen LogP contribution is -2.52. The van der Waals surface area contributed by atoms with Crippen molar-refractivity contribution in [1.82, 2.24) is 14.7 Å². The van der Waals surface area contributed by atoms with E-state index in [0.717, 1.165) is 17.3 Å². The maximum absolute atomic E-state index is 14.0. The molecule has 3 heterocycles. The van der Waals surface area contributed by atoms with Crippen LogP contribution in [0.2, 0.25) is 0 Å². The number of fused-ring (bicyclic) bond motifs is 1. The Morgan fingerprint density at radius 3 is 2.76 bits per heavy atom. The van der Waals surface area contributed by atoms with Gasteiger partial charge in [-0.1, -0.05) is 22.8 Å². The number of oxime groups is 1. The zero-order valence-corrected chi connectivity index (χ0v) is 26.2. The van der Waals surface area contributed by atoms with Gasteiger partial charge in [-0.05, 0) is 63.0 Å². The number of rotatable bonds is 9. The summed E-state index contributed by atoms with van der Waals surface area (Å²) in [4.78, 5) is 34.5. The summed E-state index contributed by atoms with van der Waals surface area (Å²) in [5, 5.41) is 12.5. The summed E-state index contributed by atoms with van der Waals surface area (Å²) in [5.41, 5.74) is -0.393. The van der Waals surface area contributed by atoms with E-state index in [1.54, 1.807) is 42.9 Å². The van der Waals surface area contributed by atoms with Gasteiger partial charge in [-0.2, -0.15) is 18.3 Å². The Morgan fingerprint density at radius 2 is 2.07 bits per heavy atom. The predicted molar refractivity (Wildman–Crippen MR) is 162 cm³/mol. The first-order valence-corrected chi connectivity index (χ1v) is 14.9. The number of nitrogens with zero attached hydrogens (tertiary/aromatic N) is 4. The SMILES string of the molecule is COC1=CN(C(CC2=NOCCC2)C(=O)Nc2ccc3nn(C)cc3c2)C(=O)CC1(C)C1=CC(Cl)=CCC1(C)OCC(F)(F)F. The van der Waals surface area contributed by atoms with Crippen LogP contribution in [0.1, 0.15) is 46.0 Å². The van der Waals surface area contributed by atoms with Crippen molar-refractivity contribution in [3.8, 4) is 0 Å². The van der Waals surface area contributed by atoms with Gasteiger partial charge in [0.1, 0.15) is 25.0 Å². The number of halogens is 4. The number of hydrogen-bond acceptors (Lipinski definition) is 7. The van der Waals surface area contributed by atoms with Crippen LogP contribution in [-0.4, -0.2) is 70.3 Å². The highest BCUT2D eigenvalue weighted by Crippen LogP contribution is 2.51. The molecule has 45 heavy (non-hydrogen) atoms. The van der Waals surface area contributed by atoms with Gasteiger partial charge in [-0.25, -0.2) is 0 Å². The van der Waals surface area contributed by atoms with E-state index in [-0.39, 0.29) is 25.0 Å². The number of allylic oxidation sites excluding steroid dienone is 3. The molecule has 0 bridgehead atoms. The first-order chi connectivity index (χ1) is 21.2. The Morgan fingerprint density at radius 1 is 1.29 bits per heavy atom. The number of benzene rings is 1. The van der Waals surface area contributed by atoms with Gasteiger partial charge in [0.2, 0.25) is 11.8 Å². The van der Waals surface area contributed by atoms with E-state index < -0.39 is 41.7 Å². The van der Waals surface area contributed by atoms with Gasteiger partial charge in [0.25, 0.3) is 0 Å². The number of aromatic nitrogens is 2. The fraction of sp³-hybridized carbons (Fsp3) is 0.484. The van der Waals surface area contributed by atoms with Crippen LogP contribution in [0.15, 0.2) is 64.3 Å². The highest BCUT2D eigenvalue weighted by molar-refractivity contribution is 6.31. The summed E-state index contributed by atoms with van der Waals surface area (Å²) in [6.45, 7) is 2.22. The van der Waals surface area contributed by atoms with E-state index in [1.807, 2.05) is 6.20 Å². The van der Waals surface area contributed by atoms with E-state index in [1.165, 1.54) is 31.2 Å². The van der Waals surface area contributed by atoms with Crippen LogP contribution in [0.4, 0.5) is 18.9 Å².